The second-order valence-electron chi connectivity index (χ2n) is 4.67. The molecule has 0 unspecified atom stereocenters. The molecule has 0 spiro atoms. The van der Waals surface area contributed by atoms with E-state index >= 15 is 0 Å². The number of nitrogens with one attached hydrogen (secondary N) is 1. The van der Waals surface area contributed by atoms with Crippen LogP contribution < -0.4 is 14.8 Å². The Morgan fingerprint density at radius 1 is 1.09 bits per heavy atom. The number of carbonyl (C=O) groups excluding carboxylic acids is 1. The fraction of sp³-hybridized carbons (Fsp3) is 0.235. The third kappa shape index (κ3) is 4.01. The van der Waals surface area contributed by atoms with Crippen molar-refractivity contribution in [1.82, 2.24) is 5.32 Å². The van der Waals surface area contributed by atoms with Crippen LogP contribution in [0.15, 0.2) is 46.9 Å². The van der Waals surface area contributed by atoms with Crippen molar-refractivity contribution in [3.63, 3.8) is 0 Å². The fourth-order valence-corrected chi connectivity index (χ4v) is 2.67. The van der Waals surface area contributed by atoms with Gasteiger partial charge in [0.05, 0.1) is 18.7 Å². The third-order valence-electron chi connectivity index (χ3n) is 3.29. The summed E-state index contributed by atoms with van der Waals surface area (Å²) in [6.07, 6.45) is 0.715. The minimum atomic E-state index is -0.113. The lowest BCUT2D eigenvalue weighted by molar-refractivity contribution is 0.0954. The predicted molar refractivity (Wildman–Crippen MR) is 89.7 cm³/mol. The van der Waals surface area contributed by atoms with Gasteiger partial charge in [-0.1, -0.05) is 18.2 Å². The minimum absolute atomic E-state index is 0.113. The molecule has 5 heteroatoms. The molecule has 2 aromatic carbocycles. The Balaban J connectivity index is 1.94. The Bertz CT molecular complexity index is 658. The second kappa shape index (κ2) is 7.84. The van der Waals surface area contributed by atoms with E-state index in [9.17, 15) is 4.79 Å². The SMILES string of the molecule is COc1ccc(C(=O)NCCc2ccccc2OC)cc1Br. The van der Waals surface area contributed by atoms with E-state index in [-0.39, 0.29) is 5.91 Å². The number of rotatable bonds is 6. The van der Waals surface area contributed by atoms with Gasteiger partial charge in [0.15, 0.2) is 0 Å². The lowest BCUT2D eigenvalue weighted by atomic mass is 10.1. The van der Waals surface area contributed by atoms with Crippen LogP contribution in [-0.4, -0.2) is 26.7 Å². The number of halogens is 1. The first-order chi connectivity index (χ1) is 10.7. The number of ether oxygens (including phenoxy) is 2. The van der Waals surface area contributed by atoms with Crippen molar-refractivity contribution in [2.45, 2.75) is 6.42 Å². The number of methoxy groups -OCH3 is 2. The average Bonchev–Trinajstić information content (AvgIpc) is 2.55. The molecule has 0 aliphatic rings. The summed E-state index contributed by atoms with van der Waals surface area (Å²) in [4.78, 5) is 12.1. The van der Waals surface area contributed by atoms with Crippen molar-refractivity contribution >= 4 is 21.8 Å². The maximum Gasteiger partial charge on any atom is 0.251 e. The van der Waals surface area contributed by atoms with Crippen LogP contribution in [0.2, 0.25) is 0 Å². The van der Waals surface area contributed by atoms with Crippen molar-refractivity contribution in [3.05, 3.63) is 58.1 Å². The normalized spacial score (nSPS) is 10.1. The first-order valence-electron chi connectivity index (χ1n) is 6.89. The highest BCUT2D eigenvalue weighted by molar-refractivity contribution is 9.10. The third-order valence-corrected chi connectivity index (χ3v) is 3.91. The van der Waals surface area contributed by atoms with E-state index in [2.05, 4.69) is 21.2 Å². The van der Waals surface area contributed by atoms with E-state index in [1.54, 1.807) is 32.4 Å². The molecule has 0 aromatic heterocycles. The molecule has 116 valence electrons. The number of para-hydroxylation sites is 1. The van der Waals surface area contributed by atoms with Crippen molar-refractivity contribution in [2.75, 3.05) is 20.8 Å². The summed E-state index contributed by atoms with van der Waals surface area (Å²) in [5, 5.41) is 2.91. The van der Waals surface area contributed by atoms with E-state index in [0.717, 1.165) is 15.8 Å². The molecule has 1 N–H and O–H groups in total. The molecule has 1 amide bonds. The van der Waals surface area contributed by atoms with Gasteiger partial charge >= 0.3 is 0 Å². The average molecular weight is 364 g/mol. The Labute approximate surface area is 138 Å². The Hall–Kier alpha value is -2.01. The zero-order valence-corrected chi connectivity index (χ0v) is 14.1. The lowest BCUT2D eigenvalue weighted by Crippen LogP contribution is -2.25. The van der Waals surface area contributed by atoms with Crippen molar-refractivity contribution in [3.8, 4) is 11.5 Å². The second-order valence-corrected chi connectivity index (χ2v) is 5.52. The van der Waals surface area contributed by atoms with E-state index < -0.39 is 0 Å². The highest BCUT2D eigenvalue weighted by Crippen LogP contribution is 2.25. The van der Waals surface area contributed by atoms with Gasteiger partial charge in [0.25, 0.3) is 5.91 Å². The molecule has 22 heavy (non-hydrogen) atoms. The first-order valence-corrected chi connectivity index (χ1v) is 7.68. The summed E-state index contributed by atoms with van der Waals surface area (Å²) < 4.78 is 11.2. The largest absolute Gasteiger partial charge is 0.496 e. The highest BCUT2D eigenvalue weighted by Gasteiger charge is 2.09. The summed E-state index contributed by atoms with van der Waals surface area (Å²) in [6, 6.07) is 13.0. The van der Waals surface area contributed by atoms with Gasteiger partial charge in [0.2, 0.25) is 0 Å². The molecule has 0 atom stereocenters. The van der Waals surface area contributed by atoms with Gasteiger partial charge in [-0.25, -0.2) is 0 Å². The molecule has 0 saturated heterocycles. The van der Waals surface area contributed by atoms with Crippen LogP contribution in [0.25, 0.3) is 0 Å². The molecule has 0 fully saturated rings. The van der Waals surface area contributed by atoms with E-state index in [4.69, 9.17) is 9.47 Å². The van der Waals surface area contributed by atoms with Gasteiger partial charge in [-0.15, -0.1) is 0 Å². The van der Waals surface area contributed by atoms with Gasteiger partial charge in [-0.2, -0.15) is 0 Å². The quantitative estimate of drug-likeness (QED) is 0.854. The zero-order chi connectivity index (χ0) is 15.9. The summed E-state index contributed by atoms with van der Waals surface area (Å²) in [5.41, 5.74) is 1.66. The molecule has 4 nitrogen and oxygen atoms in total. The predicted octanol–water partition coefficient (Wildman–Crippen LogP) is 3.44. The smallest absolute Gasteiger partial charge is 0.251 e. The molecule has 0 heterocycles. The molecular formula is C17H18BrNO3. The number of hydrogen-bond acceptors (Lipinski definition) is 3. The van der Waals surface area contributed by atoms with Gasteiger partial charge in [-0.3, -0.25) is 4.79 Å². The van der Waals surface area contributed by atoms with Crippen LogP contribution in [0.1, 0.15) is 15.9 Å². The molecule has 2 aromatic rings. The van der Waals surface area contributed by atoms with Gasteiger partial charge in [0.1, 0.15) is 11.5 Å². The molecule has 0 aliphatic heterocycles. The topological polar surface area (TPSA) is 47.6 Å². The highest BCUT2D eigenvalue weighted by atomic mass is 79.9. The van der Waals surface area contributed by atoms with E-state index in [1.165, 1.54) is 0 Å². The summed E-state index contributed by atoms with van der Waals surface area (Å²) >= 11 is 3.38. The van der Waals surface area contributed by atoms with Crippen molar-refractivity contribution < 1.29 is 14.3 Å². The number of carbonyl (C=O) groups is 1. The van der Waals surface area contributed by atoms with Gasteiger partial charge in [0, 0.05) is 12.1 Å². The van der Waals surface area contributed by atoms with Crippen molar-refractivity contribution in [1.29, 1.82) is 0 Å². The van der Waals surface area contributed by atoms with Crippen LogP contribution in [-0.2, 0) is 6.42 Å². The Morgan fingerprint density at radius 3 is 2.50 bits per heavy atom. The molecular weight excluding hydrogens is 346 g/mol. The summed E-state index contributed by atoms with van der Waals surface area (Å²) in [7, 11) is 3.24. The zero-order valence-electron chi connectivity index (χ0n) is 12.6. The van der Waals surface area contributed by atoms with Gasteiger partial charge < -0.3 is 14.8 Å². The molecule has 0 saturated carbocycles. The van der Waals surface area contributed by atoms with Crippen LogP contribution in [0.3, 0.4) is 0 Å². The summed E-state index contributed by atoms with van der Waals surface area (Å²) in [5.74, 6) is 1.42. The van der Waals surface area contributed by atoms with Crippen LogP contribution in [0.4, 0.5) is 0 Å². The molecule has 2 rings (SSSR count). The van der Waals surface area contributed by atoms with E-state index in [1.807, 2.05) is 24.3 Å². The fourth-order valence-electron chi connectivity index (χ4n) is 2.13. The number of hydrogen-bond donors (Lipinski definition) is 1. The first kappa shape index (κ1) is 16.4. The van der Waals surface area contributed by atoms with Crippen LogP contribution in [0, 0.1) is 0 Å². The number of benzene rings is 2. The van der Waals surface area contributed by atoms with Crippen molar-refractivity contribution in [2.24, 2.45) is 0 Å². The molecule has 0 bridgehead atoms. The monoisotopic (exact) mass is 363 g/mol. The molecule has 0 radical (unpaired) electrons. The van der Waals surface area contributed by atoms with Crippen LogP contribution in [0.5, 0.6) is 11.5 Å². The standard InChI is InChI=1S/C17H18BrNO3/c1-21-15-6-4-3-5-12(15)9-10-19-17(20)13-7-8-16(22-2)14(18)11-13/h3-8,11H,9-10H2,1-2H3,(H,19,20). The minimum Gasteiger partial charge on any atom is -0.496 e. The number of amides is 1. The maximum atomic E-state index is 12.1. The summed E-state index contributed by atoms with van der Waals surface area (Å²) in [6.45, 7) is 0.544. The Kier molecular flexibility index (Phi) is 5.83. The van der Waals surface area contributed by atoms with Crippen LogP contribution >= 0.6 is 15.9 Å². The lowest BCUT2D eigenvalue weighted by Gasteiger charge is -2.10. The van der Waals surface area contributed by atoms with E-state index in [0.29, 0.717) is 24.3 Å². The molecule has 0 aliphatic carbocycles. The van der Waals surface area contributed by atoms with Gasteiger partial charge in [-0.05, 0) is 52.2 Å². The maximum absolute atomic E-state index is 12.1. The Morgan fingerprint density at radius 2 is 1.82 bits per heavy atom.